The smallest absolute Gasteiger partial charge is 0.410 e. The maximum Gasteiger partial charge on any atom is 0.410 e. The van der Waals surface area contributed by atoms with Gasteiger partial charge < -0.3 is 15.0 Å². The lowest BCUT2D eigenvalue weighted by molar-refractivity contribution is 0.0195. The first-order valence-electron chi connectivity index (χ1n) is 6.12. The molecule has 1 aromatic heterocycles. The molecule has 2 rings (SSSR count). The molecule has 1 aliphatic heterocycles. The molecule has 100 valence electrons. The van der Waals surface area contributed by atoms with E-state index in [2.05, 4.69) is 4.98 Å². The number of carbonyl (C=O) groups excluding carboxylic acids is 1. The van der Waals surface area contributed by atoms with Crippen molar-refractivity contribution >= 4 is 6.09 Å². The third-order valence-electron chi connectivity index (χ3n) is 2.71. The van der Waals surface area contributed by atoms with Crippen LogP contribution in [-0.4, -0.2) is 32.7 Å². The van der Waals surface area contributed by atoms with Gasteiger partial charge in [0.25, 0.3) is 0 Å². The Balaban J connectivity index is 2.05. The molecule has 0 aliphatic carbocycles. The second-order valence-electron chi connectivity index (χ2n) is 5.45. The first kappa shape index (κ1) is 12.9. The molecule has 2 N–H and O–H groups in total. The van der Waals surface area contributed by atoms with Crippen LogP contribution in [0.25, 0.3) is 0 Å². The monoisotopic (exact) mass is 252 g/mol. The number of amides is 1. The van der Waals surface area contributed by atoms with Crippen LogP contribution in [0.4, 0.5) is 4.79 Å². The van der Waals surface area contributed by atoms with Gasteiger partial charge in [-0.3, -0.25) is 4.90 Å². The summed E-state index contributed by atoms with van der Waals surface area (Å²) in [7, 11) is 0. The molecule has 0 fully saturated rings. The highest BCUT2D eigenvalue weighted by atomic mass is 16.6. The number of imidazole rings is 1. The van der Waals surface area contributed by atoms with E-state index in [4.69, 9.17) is 10.5 Å². The quantitative estimate of drug-likeness (QED) is 0.812. The summed E-state index contributed by atoms with van der Waals surface area (Å²) in [6.45, 7) is 7.87. The van der Waals surface area contributed by atoms with Crippen LogP contribution in [0.1, 0.15) is 32.3 Å². The van der Waals surface area contributed by atoms with E-state index >= 15 is 0 Å². The number of rotatable bonds is 1. The number of carbonyl (C=O) groups is 1. The standard InChI is InChI=1S/C12H20N4O2/c1-12(2,3)18-11(17)16-5-4-15-7-9(6-13)14-10(15)8-16/h7H,4-6,8,13H2,1-3H3. The first-order chi connectivity index (χ1) is 8.39. The van der Waals surface area contributed by atoms with Crippen LogP contribution in [0.5, 0.6) is 0 Å². The molecular formula is C12H20N4O2. The Bertz CT molecular complexity index is 447. The molecule has 0 spiro atoms. The lowest BCUT2D eigenvalue weighted by Gasteiger charge is -2.30. The van der Waals surface area contributed by atoms with Crippen LogP contribution < -0.4 is 5.73 Å². The van der Waals surface area contributed by atoms with Crippen molar-refractivity contribution in [1.29, 1.82) is 0 Å². The van der Waals surface area contributed by atoms with Crippen LogP contribution in [0.2, 0.25) is 0 Å². The molecule has 6 heteroatoms. The Hall–Kier alpha value is -1.56. The summed E-state index contributed by atoms with van der Waals surface area (Å²) >= 11 is 0. The Morgan fingerprint density at radius 3 is 2.83 bits per heavy atom. The van der Waals surface area contributed by atoms with Crippen molar-refractivity contribution in [2.75, 3.05) is 6.54 Å². The highest BCUT2D eigenvalue weighted by Gasteiger charge is 2.26. The van der Waals surface area contributed by atoms with Crippen LogP contribution in [0.3, 0.4) is 0 Å². The van der Waals surface area contributed by atoms with Gasteiger partial charge in [-0.2, -0.15) is 0 Å². The second-order valence-corrected chi connectivity index (χ2v) is 5.45. The zero-order valence-electron chi connectivity index (χ0n) is 11.1. The van der Waals surface area contributed by atoms with E-state index in [9.17, 15) is 4.79 Å². The molecule has 6 nitrogen and oxygen atoms in total. The lowest BCUT2D eigenvalue weighted by Crippen LogP contribution is -2.41. The Labute approximate surface area is 107 Å². The van der Waals surface area contributed by atoms with Gasteiger partial charge in [-0.25, -0.2) is 9.78 Å². The van der Waals surface area contributed by atoms with Gasteiger partial charge in [0.15, 0.2) is 0 Å². The number of hydrogen-bond donors (Lipinski definition) is 1. The number of hydrogen-bond acceptors (Lipinski definition) is 4. The highest BCUT2D eigenvalue weighted by molar-refractivity contribution is 5.68. The van der Waals surface area contributed by atoms with Gasteiger partial charge in [0.05, 0.1) is 12.2 Å². The highest BCUT2D eigenvalue weighted by Crippen LogP contribution is 2.16. The van der Waals surface area contributed by atoms with Crippen LogP contribution in [-0.2, 0) is 24.4 Å². The summed E-state index contributed by atoms with van der Waals surface area (Å²) in [6, 6.07) is 0. The Kier molecular flexibility index (Phi) is 3.30. The van der Waals surface area contributed by atoms with Crippen LogP contribution in [0.15, 0.2) is 6.20 Å². The molecule has 0 atom stereocenters. The Morgan fingerprint density at radius 2 is 2.22 bits per heavy atom. The van der Waals surface area contributed by atoms with Crippen molar-refractivity contribution in [2.45, 2.75) is 46.0 Å². The van der Waals surface area contributed by atoms with E-state index < -0.39 is 5.60 Å². The van der Waals surface area contributed by atoms with Crippen molar-refractivity contribution in [1.82, 2.24) is 14.5 Å². The molecule has 0 saturated carbocycles. The fourth-order valence-corrected chi connectivity index (χ4v) is 1.89. The number of aromatic nitrogens is 2. The van der Waals surface area contributed by atoms with Gasteiger partial charge in [0.2, 0.25) is 0 Å². The third kappa shape index (κ3) is 2.81. The molecule has 2 heterocycles. The summed E-state index contributed by atoms with van der Waals surface area (Å²) in [5.41, 5.74) is 5.95. The maximum absolute atomic E-state index is 11.9. The minimum Gasteiger partial charge on any atom is -0.444 e. The lowest BCUT2D eigenvalue weighted by atomic mass is 10.2. The summed E-state index contributed by atoms with van der Waals surface area (Å²) in [5, 5.41) is 0. The van der Waals surface area contributed by atoms with E-state index in [1.165, 1.54) is 0 Å². The van der Waals surface area contributed by atoms with Gasteiger partial charge in [0, 0.05) is 25.8 Å². The molecule has 0 bridgehead atoms. The van der Waals surface area contributed by atoms with Gasteiger partial charge in [-0.15, -0.1) is 0 Å². The maximum atomic E-state index is 11.9. The molecule has 0 aromatic carbocycles. The summed E-state index contributed by atoms with van der Waals surface area (Å²) in [6.07, 6.45) is 1.66. The molecular weight excluding hydrogens is 232 g/mol. The number of nitrogens with two attached hydrogens (primary N) is 1. The van der Waals surface area contributed by atoms with E-state index in [1.54, 1.807) is 4.90 Å². The van der Waals surface area contributed by atoms with Gasteiger partial charge in [-0.1, -0.05) is 0 Å². The predicted molar refractivity (Wildman–Crippen MR) is 66.8 cm³/mol. The fourth-order valence-electron chi connectivity index (χ4n) is 1.89. The number of fused-ring (bicyclic) bond motifs is 1. The minimum atomic E-state index is -0.466. The third-order valence-corrected chi connectivity index (χ3v) is 2.71. The summed E-state index contributed by atoms with van der Waals surface area (Å²) < 4.78 is 7.40. The SMILES string of the molecule is CC(C)(C)OC(=O)N1CCn2cc(CN)nc2C1. The van der Waals surface area contributed by atoms with Gasteiger partial charge in [0.1, 0.15) is 11.4 Å². The van der Waals surface area contributed by atoms with Gasteiger partial charge >= 0.3 is 6.09 Å². The first-order valence-corrected chi connectivity index (χ1v) is 6.12. The van der Waals surface area contributed by atoms with Crippen molar-refractivity contribution in [3.05, 3.63) is 17.7 Å². The molecule has 0 unspecified atom stereocenters. The average Bonchev–Trinajstić information content (AvgIpc) is 2.68. The number of ether oxygens (including phenoxy) is 1. The Morgan fingerprint density at radius 1 is 1.50 bits per heavy atom. The fraction of sp³-hybridized carbons (Fsp3) is 0.667. The topological polar surface area (TPSA) is 73.4 Å². The largest absolute Gasteiger partial charge is 0.444 e. The van der Waals surface area contributed by atoms with E-state index in [0.717, 1.165) is 18.1 Å². The van der Waals surface area contributed by atoms with Crippen LogP contribution in [0, 0.1) is 0 Å². The van der Waals surface area contributed by atoms with Crippen molar-refractivity contribution in [3.8, 4) is 0 Å². The number of nitrogens with zero attached hydrogens (tertiary/aromatic N) is 3. The zero-order chi connectivity index (χ0) is 13.3. The van der Waals surface area contributed by atoms with E-state index in [1.807, 2.05) is 31.5 Å². The normalized spacial score (nSPS) is 15.4. The zero-order valence-corrected chi connectivity index (χ0v) is 11.1. The van der Waals surface area contributed by atoms with E-state index in [-0.39, 0.29) is 6.09 Å². The molecule has 1 aromatic rings. The molecule has 0 radical (unpaired) electrons. The molecule has 18 heavy (non-hydrogen) atoms. The van der Waals surface area contributed by atoms with Crippen molar-refractivity contribution in [2.24, 2.45) is 5.73 Å². The predicted octanol–water partition coefficient (Wildman–Crippen LogP) is 1.09. The molecule has 1 amide bonds. The molecule has 0 saturated heterocycles. The van der Waals surface area contributed by atoms with Crippen molar-refractivity contribution < 1.29 is 9.53 Å². The van der Waals surface area contributed by atoms with Crippen molar-refractivity contribution in [3.63, 3.8) is 0 Å². The van der Waals surface area contributed by atoms with Crippen LogP contribution >= 0.6 is 0 Å². The minimum absolute atomic E-state index is 0.286. The molecule has 1 aliphatic rings. The van der Waals surface area contributed by atoms with Gasteiger partial charge in [-0.05, 0) is 20.8 Å². The van der Waals surface area contributed by atoms with E-state index in [0.29, 0.717) is 19.6 Å². The second kappa shape index (κ2) is 4.61. The summed E-state index contributed by atoms with van der Waals surface area (Å²) in [4.78, 5) is 18.0. The summed E-state index contributed by atoms with van der Waals surface area (Å²) in [5.74, 6) is 0.868. The average molecular weight is 252 g/mol.